The fraction of sp³-hybridized carbons (Fsp3) is 0.333. The Morgan fingerprint density at radius 2 is 2.07 bits per heavy atom. The molecule has 0 spiro atoms. The first-order valence-electron chi connectivity index (χ1n) is 3.96. The van der Waals surface area contributed by atoms with Gasteiger partial charge in [0.15, 0.2) is 5.75 Å². The van der Waals surface area contributed by atoms with E-state index in [1.165, 1.54) is 20.4 Å². The van der Waals surface area contributed by atoms with Gasteiger partial charge in [0, 0.05) is 11.8 Å². The molecule has 0 fully saturated rings. The van der Waals surface area contributed by atoms with Crippen molar-refractivity contribution in [1.82, 2.24) is 4.98 Å². The normalized spacial score (nSPS) is 10.2. The van der Waals surface area contributed by atoms with E-state index in [1.807, 2.05) is 0 Å². The highest BCUT2D eigenvalue weighted by molar-refractivity contribution is 5.79. The van der Waals surface area contributed by atoms with Gasteiger partial charge >= 0.3 is 0 Å². The molecule has 1 aromatic rings. The van der Waals surface area contributed by atoms with Crippen LogP contribution in [0.2, 0.25) is 0 Å². The van der Waals surface area contributed by atoms with E-state index in [-0.39, 0.29) is 0 Å². The molecular formula is C9H12N2O3. The van der Waals surface area contributed by atoms with Crippen molar-refractivity contribution in [1.29, 1.82) is 0 Å². The number of oxime groups is 1. The molecule has 0 amide bonds. The second kappa shape index (κ2) is 5.06. The molecule has 5 heteroatoms. The predicted octanol–water partition coefficient (Wildman–Crippen LogP) is 1.08. The van der Waals surface area contributed by atoms with E-state index in [0.717, 1.165) is 5.56 Å². The van der Waals surface area contributed by atoms with Crippen molar-refractivity contribution in [3.63, 3.8) is 0 Å². The van der Waals surface area contributed by atoms with Gasteiger partial charge in [0.05, 0.1) is 20.4 Å². The molecule has 0 aliphatic rings. The molecule has 5 nitrogen and oxygen atoms in total. The number of pyridine rings is 1. The highest BCUT2D eigenvalue weighted by atomic mass is 16.6. The molecule has 0 N–H and O–H groups in total. The molecule has 0 unspecified atom stereocenters. The Morgan fingerprint density at radius 1 is 1.29 bits per heavy atom. The van der Waals surface area contributed by atoms with Crippen molar-refractivity contribution in [2.75, 3.05) is 21.3 Å². The summed E-state index contributed by atoms with van der Waals surface area (Å²) in [5, 5.41) is 3.61. The Kier molecular flexibility index (Phi) is 3.72. The number of hydrogen-bond donors (Lipinski definition) is 0. The molecule has 0 radical (unpaired) electrons. The van der Waals surface area contributed by atoms with Crippen LogP contribution in [-0.2, 0) is 4.84 Å². The Balaban J connectivity index is 2.95. The molecule has 14 heavy (non-hydrogen) atoms. The minimum Gasteiger partial charge on any atom is -0.491 e. The third-order valence-corrected chi connectivity index (χ3v) is 1.56. The van der Waals surface area contributed by atoms with E-state index in [0.29, 0.717) is 11.6 Å². The standard InChI is InChI=1S/C9H12N2O3/c1-12-8-4-7(6-11-14-3)5-10-9(8)13-2/h4-6H,1-3H3/b11-6+. The Hall–Kier alpha value is -1.78. The second-order valence-electron chi connectivity index (χ2n) is 2.40. The molecule has 1 rings (SSSR count). The Morgan fingerprint density at radius 3 is 2.64 bits per heavy atom. The van der Waals surface area contributed by atoms with E-state index < -0.39 is 0 Å². The topological polar surface area (TPSA) is 52.9 Å². The van der Waals surface area contributed by atoms with Gasteiger partial charge in [0.25, 0.3) is 5.88 Å². The average molecular weight is 196 g/mol. The van der Waals surface area contributed by atoms with Crippen LogP contribution in [0, 0.1) is 0 Å². The van der Waals surface area contributed by atoms with Gasteiger partial charge in [-0.15, -0.1) is 0 Å². The average Bonchev–Trinajstić information content (AvgIpc) is 2.25. The number of nitrogens with zero attached hydrogens (tertiary/aromatic N) is 2. The molecule has 0 atom stereocenters. The van der Waals surface area contributed by atoms with Crippen LogP contribution in [0.15, 0.2) is 17.4 Å². The van der Waals surface area contributed by atoms with E-state index in [2.05, 4.69) is 15.0 Å². The number of ether oxygens (including phenoxy) is 2. The summed E-state index contributed by atoms with van der Waals surface area (Å²) in [7, 11) is 4.56. The maximum absolute atomic E-state index is 5.07. The monoisotopic (exact) mass is 196 g/mol. The van der Waals surface area contributed by atoms with Gasteiger partial charge < -0.3 is 14.3 Å². The zero-order valence-corrected chi connectivity index (χ0v) is 8.35. The lowest BCUT2D eigenvalue weighted by Gasteiger charge is -2.05. The minimum atomic E-state index is 0.446. The Labute approximate surface area is 82.3 Å². The third-order valence-electron chi connectivity index (χ3n) is 1.56. The first-order valence-corrected chi connectivity index (χ1v) is 3.96. The van der Waals surface area contributed by atoms with Crippen molar-refractivity contribution >= 4 is 6.21 Å². The van der Waals surface area contributed by atoms with Crippen molar-refractivity contribution in [3.05, 3.63) is 17.8 Å². The highest BCUT2D eigenvalue weighted by Gasteiger charge is 2.04. The quantitative estimate of drug-likeness (QED) is 0.534. The fourth-order valence-corrected chi connectivity index (χ4v) is 0.931. The summed E-state index contributed by atoms with van der Waals surface area (Å²) >= 11 is 0. The highest BCUT2D eigenvalue weighted by Crippen LogP contribution is 2.23. The lowest BCUT2D eigenvalue weighted by molar-refractivity contribution is 0.215. The number of aromatic nitrogens is 1. The molecule has 0 bridgehead atoms. The molecule has 0 saturated heterocycles. The lowest BCUT2D eigenvalue weighted by atomic mass is 10.3. The van der Waals surface area contributed by atoms with Gasteiger partial charge in [-0.3, -0.25) is 0 Å². The summed E-state index contributed by atoms with van der Waals surface area (Å²) in [6.45, 7) is 0. The lowest BCUT2D eigenvalue weighted by Crippen LogP contribution is -1.95. The van der Waals surface area contributed by atoms with Crippen molar-refractivity contribution in [2.45, 2.75) is 0 Å². The minimum absolute atomic E-state index is 0.446. The summed E-state index contributed by atoms with van der Waals surface area (Å²) in [5.74, 6) is 1.01. The smallest absolute Gasteiger partial charge is 0.256 e. The summed E-state index contributed by atoms with van der Waals surface area (Å²) in [4.78, 5) is 8.57. The van der Waals surface area contributed by atoms with Gasteiger partial charge in [0.2, 0.25) is 0 Å². The van der Waals surface area contributed by atoms with Crippen LogP contribution in [-0.4, -0.2) is 32.5 Å². The van der Waals surface area contributed by atoms with Crippen molar-refractivity contribution < 1.29 is 14.3 Å². The van der Waals surface area contributed by atoms with Gasteiger partial charge in [-0.2, -0.15) is 0 Å². The maximum atomic E-state index is 5.07. The van der Waals surface area contributed by atoms with Gasteiger partial charge in [-0.25, -0.2) is 4.98 Å². The van der Waals surface area contributed by atoms with Crippen LogP contribution in [0.4, 0.5) is 0 Å². The van der Waals surface area contributed by atoms with E-state index in [9.17, 15) is 0 Å². The molecule has 0 aliphatic heterocycles. The second-order valence-corrected chi connectivity index (χ2v) is 2.40. The Bertz CT molecular complexity index is 326. The molecule has 0 aromatic carbocycles. The van der Waals surface area contributed by atoms with Crippen LogP contribution in [0.3, 0.4) is 0 Å². The van der Waals surface area contributed by atoms with E-state index >= 15 is 0 Å². The number of hydrogen-bond acceptors (Lipinski definition) is 5. The van der Waals surface area contributed by atoms with Crippen molar-refractivity contribution in [3.8, 4) is 11.6 Å². The van der Waals surface area contributed by atoms with Crippen LogP contribution >= 0.6 is 0 Å². The van der Waals surface area contributed by atoms with Gasteiger partial charge in [0.1, 0.15) is 7.11 Å². The SMILES string of the molecule is CO/N=C/c1cnc(OC)c(OC)c1. The van der Waals surface area contributed by atoms with Crippen LogP contribution in [0.1, 0.15) is 5.56 Å². The predicted molar refractivity (Wildman–Crippen MR) is 51.9 cm³/mol. The first-order chi connectivity index (χ1) is 6.81. The van der Waals surface area contributed by atoms with E-state index in [1.54, 1.807) is 19.4 Å². The van der Waals surface area contributed by atoms with Crippen molar-refractivity contribution in [2.24, 2.45) is 5.16 Å². The van der Waals surface area contributed by atoms with E-state index in [4.69, 9.17) is 9.47 Å². The number of rotatable bonds is 4. The summed E-state index contributed by atoms with van der Waals surface area (Å²) in [5.41, 5.74) is 0.782. The fourth-order valence-electron chi connectivity index (χ4n) is 0.931. The zero-order chi connectivity index (χ0) is 10.4. The molecule has 1 aromatic heterocycles. The third kappa shape index (κ3) is 2.35. The summed E-state index contributed by atoms with van der Waals surface area (Å²) < 4.78 is 10.1. The molecule has 0 aliphatic carbocycles. The summed E-state index contributed by atoms with van der Waals surface area (Å²) in [6, 6.07) is 1.76. The van der Waals surface area contributed by atoms with Crippen LogP contribution < -0.4 is 9.47 Å². The number of methoxy groups -OCH3 is 2. The van der Waals surface area contributed by atoms with Gasteiger partial charge in [-0.05, 0) is 6.07 Å². The van der Waals surface area contributed by atoms with Gasteiger partial charge in [-0.1, -0.05) is 5.16 Å². The molecule has 0 saturated carbocycles. The van der Waals surface area contributed by atoms with Crippen LogP contribution in [0.5, 0.6) is 11.6 Å². The zero-order valence-electron chi connectivity index (χ0n) is 8.35. The van der Waals surface area contributed by atoms with Crippen LogP contribution in [0.25, 0.3) is 0 Å². The summed E-state index contributed by atoms with van der Waals surface area (Å²) in [6.07, 6.45) is 3.15. The molecule has 76 valence electrons. The largest absolute Gasteiger partial charge is 0.491 e. The first kappa shape index (κ1) is 10.3. The maximum Gasteiger partial charge on any atom is 0.256 e. The molecule has 1 heterocycles. The molecular weight excluding hydrogens is 184 g/mol.